The van der Waals surface area contributed by atoms with Crippen molar-refractivity contribution in [3.05, 3.63) is 42.0 Å². The van der Waals surface area contributed by atoms with Crippen molar-refractivity contribution in [2.45, 2.75) is 36.7 Å². The fourth-order valence-electron chi connectivity index (χ4n) is 4.02. The van der Waals surface area contributed by atoms with Crippen LogP contribution in [0.25, 0.3) is 11.0 Å². The molecule has 1 aliphatic rings. The third-order valence-corrected chi connectivity index (χ3v) is 8.33. The van der Waals surface area contributed by atoms with Crippen molar-refractivity contribution >= 4 is 44.7 Å². The maximum Gasteiger partial charge on any atom is 0.324 e. The second kappa shape index (κ2) is 11.2. The molecule has 1 saturated heterocycles. The van der Waals surface area contributed by atoms with Crippen LogP contribution in [0.3, 0.4) is 0 Å². The van der Waals surface area contributed by atoms with Crippen LogP contribution in [-0.4, -0.2) is 66.8 Å². The number of carbonyl (C=O) groups excluding carboxylic acids is 2. The average Bonchev–Trinajstić information content (AvgIpc) is 3.39. The first-order valence-corrected chi connectivity index (χ1v) is 13.4. The lowest BCUT2D eigenvalue weighted by Crippen LogP contribution is -2.49. The van der Waals surface area contributed by atoms with Gasteiger partial charge in [-0.15, -0.1) is 0 Å². The van der Waals surface area contributed by atoms with Crippen LogP contribution in [0.15, 0.2) is 41.3 Å². The highest BCUT2D eigenvalue weighted by atomic mass is 32.2. The minimum absolute atomic E-state index is 0.00103. The Morgan fingerprint density at radius 3 is 2.69 bits per heavy atom. The summed E-state index contributed by atoms with van der Waals surface area (Å²) < 4.78 is 52.0. The van der Waals surface area contributed by atoms with Crippen molar-refractivity contribution in [1.82, 2.24) is 18.4 Å². The second-order valence-electron chi connectivity index (χ2n) is 8.09. The van der Waals surface area contributed by atoms with E-state index in [1.165, 1.54) is 20.3 Å². The van der Waals surface area contributed by atoms with Crippen molar-refractivity contribution in [1.29, 1.82) is 0 Å². The molecule has 0 spiro atoms. The molecule has 11 nitrogen and oxygen atoms in total. The molecule has 192 valence electrons. The van der Waals surface area contributed by atoms with Crippen molar-refractivity contribution < 1.29 is 32.2 Å². The van der Waals surface area contributed by atoms with E-state index in [1.807, 2.05) is 0 Å². The van der Waals surface area contributed by atoms with Crippen LogP contribution in [0, 0.1) is 0 Å². The quantitative estimate of drug-likeness (QED) is 0.409. The van der Waals surface area contributed by atoms with Gasteiger partial charge >= 0.3 is 5.97 Å². The molecule has 0 radical (unpaired) electrons. The van der Waals surface area contributed by atoms with E-state index in [1.54, 1.807) is 30.3 Å². The monoisotopic (exact) mass is 534 g/mol. The smallest absolute Gasteiger partial charge is 0.324 e. The number of rotatable bonds is 9. The van der Waals surface area contributed by atoms with Crippen molar-refractivity contribution in [3.63, 3.8) is 0 Å². The summed E-state index contributed by atoms with van der Waals surface area (Å²) in [7, 11) is -0.989. The van der Waals surface area contributed by atoms with Gasteiger partial charge in [0.2, 0.25) is 10.0 Å². The van der Waals surface area contributed by atoms with Gasteiger partial charge in [-0.05, 0) is 49.1 Å². The molecule has 1 aliphatic heterocycles. The van der Waals surface area contributed by atoms with Gasteiger partial charge in [0.15, 0.2) is 18.1 Å². The summed E-state index contributed by atoms with van der Waals surface area (Å²) >= 11 is 0.923. The third kappa shape index (κ3) is 5.42. The zero-order valence-electron chi connectivity index (χ0n) is 19.8. The van der Waals surface area contributed by atoms with Gasteiger partial charge < -0.3 is 19.5 Å². The summed E-state index contributed by atoms with van der Waals surface area (Å²) in [5.74, 6) is -0.182. The molecule has 0 bridgehead atoms. The van der Waals surface area contributed by atoms with Crippen molar-refractivity contribution in [2.24, 2.45) is 0 Å². The first-order chi connectivity index (χ1) is 17.3. The maximum atomic E-state index is 13.5. The average molecular weight is 535 g/mol. The molecule has 4 rings (SSSR count). The highest BCUT2D eigenvalue weighted by Crippen LogP contribution is 2.30. The predicted octanol–water partition coefficient (Wildman–Crippen LogP) is 2.11. The largest absolute Gasteiger partial charge is 0.493 e. The normalized spacial score (nSPS) is 16.4. The Hall–Kier alpha value is -3.29. The summed E-state index contributed by atoms with van der Waals surface area (Å²) in [4.78, 5) is 25.2. The van der Waals surface area contributed by atoms with Crippen LogP contribution in [0.5, 0.6) is 11.5 Å². The number of hydrogen-bond acceptors (Lipinski definition) is 10. The molecular formula is C23H26N4O7S2. The van der Waals surface area contributed by atoms with Gasteiger partial charge in [0.1, 0.15) is 22.0 Å². The molecule has 2 heterocycles. The molecule has 1 N–H and O–H groups in total. The van der Waals surface area contributed by atoms with Crippen LogP contribution < -0.4 is 14.8 Å². The standard InChI is InChI=1S/C23H26N4O7S2/c1-32-18-10-9-15(12-19(18)33-2)13-24-21(28)14-34-23(29)17-7-3-4-11-27(17)36(30,31)20-8-5-6-16-22(20)26-35-25-16/h5-6,8-10,12,17H,3-4,7,11,13-14H2,1-2H3,(H,24,28). The van der Waals surface area contributed by atoms with Crippen molar-refractivity contribution in [3.8, 4) is 11.5 Å². The van der Waals surface area contributed by atoms with Gasteiger partial charge in [-0.1, -0.05) is 12.1 Å². The number of hydrogen-bond donors (Lipinski definition) is 1. The third-order valence-electron chi connectivity index (χ3n) is 5.84. The molecule has 36 heavy (non-hydrogen) atoms. The van der Waals surface area contributed by atoms with Gasteiger partial charge in [-0.25, -0.2) is 8.42 Å². The van der Waals surface area contributed by atoms with E-state index in [9.17, 15) is 18.0 Å². The number of methoxy groups -OCH3 is 2. The zero-order chi connectivity index (χ0) is 25.7. The lowest BCUT2D eigenvalue weighted by Gasteiger charge is -2.32. The second-order valence-corrected chi connectivity index (χ2v) is 10.5. The van der Waals surface area contributed by atoms with E-state index in [0.29, 0.717) is 36.3 Å². The number of piperidine rings is 1. The Kier molecular flexibility index (Phi) is 8.01. The fourth-order valence-corrected chi connectivity index (χ4v) is 6.42. The lowest BCUT2D eigenvalue weighted by molar-refractivity contribution is -0.153. The number of esters is 1. The number of aromatic nitrogens is 2. The minimum Gasteiger partial charge on any atom is -0.493 e. The molecule has 1 amide bonds. The van der Waals surface area contributed by atoms with Gasteiger partial charge in [0, 0.05) is 13.1 Å². The number of carbonyl (C=O) groups is 2. The van der Waals surface area contributed by atoms with Crippen LogP contribution >= 0.6 is 11.7 Å². The fraction of sp³-hybridized carbons (Fsp3) is 0.391. The van der Waals surface area contributed by atoms with Gasteiger partial charge in [-0.2, -0.15) is 13.1 Å². The summed E-state index contributed by atoms with van der Waals surface area (Å²) in [6, 6.07) is 8.93. The molecule has 3 aromatic rings. The summed E-state index contributed by atoms with van der Waals surface area (Å²) in [6.45, 7) is -0.171. The zero-order valence-corrected chi connectivity index (χ0v) is 21.4. The number of amides is 1. The summed E-state index contributed by atoms with van der Waals surface area (Å²) in [5.41, 5.74) is 1.51. The van der Waals surface area contributed by atoms with Gasteiger partial charge in [0.05, 0.1) is 25.9 Å². The highest BCUT2D eigenvalue weighted by molar-refractivity contribution is 7.89. The minimum atomic E-state index is -4.04. The first-order valence-electron chi connectivity index (χ1n) is 11.2. The number of benzene rings is 2. The Morgan fingerprint density at radius 1 is 1.11 bits per heavy atom. The van der Waals surface area contributed by atoms with E-state index < -0.39 is 34.5 Å². The molecule has 0 aliphatic carbocycles. The molecule has 1 unspecified atom stereocenters. The molecular weight excluding hydrogens is 508 g/mol. The Bertz CT molecular complexity index is 1360. The molecule has 1 aromatic heterocycles. The Morgan fingerprint density at radius 2 is 1.92 bits per heavy atom. The summed E-state index contributed by atoms with van der Waals surface area (Å²) in [6.07, 6.45) is 1.58. The van der Waals surface area contributed by atoms with E-state index in [0.717, 1.165) is 21.6 Å². The maximum absolute atomic E-state index is 13.5. The van der Waals surface area contributed by atoms with Gasteiger partial charge in [-0.3, -0.25) is 9.59 Å². The number of sulfonamides is 1. The van der Waals surface area contributed by atoms with Gasteiger partial charge in [0.25, 0.3) is 5.91 Å². The molecule has 1 fully saturated rings. The molecule has 0 saturated carbocycles. The molecule has 2 aromatic carbocycles. The van der Waals surface area contributed by atoms with E-state index in [4.69, 9.17) is 14.2 Å². The van der Waals surface area contributed by atoms with Crippen LogP contribution in [0.2, 0.25) is 0 Å². The Balaban J connectivity index is 1.39. The van der Waals surface area contributed by atoms with Crippen LogP contribution in [0.4, 0.5) is 0 Å². The van der Waals surface area contributed by atoms with Crippen LogP contribution in [-0.2, 0) is 30.9 Å². The highest BCUT2D eigenvalue weighted by Gasteiger charge is 2.39. The SMILES string of the molecule is COc1ccc(CNC(=O)COC(=O)C2CCCCN2S(=O)(=O)c2cccc3nsnc23)cc1OC. The number of ether oxygens (including phenoxy) is 3. The summed E-state index contributed by atoms with van der Waals surface area (Å²) in [5, 5.41) is 2.67. The Labute approximate surface area is 212 Å². The van der Waals surface area contributed by atoms with Crippen LogP contribution in [0.1, 0.15) is 24.8 Å². The van der Waals surface area contributed by atoms with Crippen molar-refractivity contribution in [2.75, 3.05) is 27.4 Å². The van der Waals surface area contributed by atoms with E-state index >= 15 is 0 Å². The molecule has 13 heteroatoms. The predicted molar refractivity (Wildman–Crippen MR) is 131 cm³/mol. The number of fused-ring (bicyclic) bond motifs is 1. The molecule has 1 atom stereocenters. The number of nitrogens with one attached hydrogen (secondary N) is 1. The number of nitrogens with zero attached hydrogens (tertiary/aromatic N) is 3. The lowest BCUT2D eigenvalue weighted by atomic mass is 10.1. The topological polar surface area (TPSA) is 137 Å². The van der Waals surface area contributed by atoms with E-state index in [-0.39, 0.29) is 23.5 Å². The first kappa shape index (κ1) is 25.8. The van der Waals surface area contributed by atoms with E-state index in [2.05, 4.69) is 14.1 Å².